The molecule has 0 N–H and O–H groups in total. The highest BCUT2D eigenvalue weighted by molar-refractivity contribution is 5.66. The highest BCUT2D eigenvalue weighted by Crippen LogP contribution is 1.94. The van der Waals surface area contributed by atoms with Crippen LogP contribution in [0.3, 0.4) is 0 Å². The zero-order valence-corrected chi connectivity index (χ0v) is 7.16. The van der Waals surface area contributed by atoms with Crippen molar-refractivity contribution in [2.45, 2.75) is 13.8 Å². The molecule has 4 nitrogen and oxygen atoms in total. The lowest BCUT2D eigenvalue weighted by Crippen LogP contribution is -2.02. The molecular formula is C8H11NO3. The summed E-state index contributed by atoms with van der Waals surface area (Å²) in [5, 5.41) is 8.48. The maximum Gasteiger partial charge on any atom is 0.302 e. The molecule has 0 heterocycles. The minimum Gasteiger partial charge on any atom is -0.500 e. The largest absolute Gasteiger partial charge is 0.500 e. The van der Waals surface area contributed by atoms with Crippen LogP contribution in [0.5, 0.6) is 0 Å². The fourth-order valence-electron chi connectivity index (χ4n) is 0.456. The zero-order chi connectivity index (χ0) is 9.40. The summed E-state index contributed by atoms with van der Waals surface area (Å²) >= 11 is 0. The van der Waals surface area contributed by atoms with E-state index in [1.54, 1.807) is 6.92 Å². The Hall–Kier alpha value is -1.50. The molecule has 0 unspecified atom stereocenters. The Balaban J connectivity index is 3.85. The smallest absolute Gasteiger partial charge is 0.302 e. The van der Waals surface area contributed by atoms with E-state index in [2.05, 4.69) is 4.74 Å². The molecule has 0 aromatic heterocycles. The fraction of sp³-hybridized carbons (Fsp3) is 0.500. The van der Waals surface area contributed by atoms with Gasteiger partial charge in [0, 0.05) is 6.92 Å². The lowest BCUT2D eigenvalue weighted by atomic mass is 10.3. The van der Waals surface area contributed by atoms with E-state index in [4.69, 9.17) is 10.00 Å². The number of carbonyl (C=O) groups excluding carboxylic acids is 1. The lowest BCUT2D eigenvalue weighted by molar-refractivity contribution is -0.139. The van der Waals surface area contributed by atoms with Gasteiger partial charge in [-0.15, -0.1) is 0 Å². The maximum atomic E-state index is 10.3. The number of ether oxygens (including phenoxy) is 2. The number of carbonyl (C=O) groups is 1. The number of hydrogen-bond donors (Lipinski definition) is 0. The van der Waals surface area contributed by atoms with Gasteiger partial charge in [0.05, 0.1) is 6.61 Å². The number of hydrogen-bond acceptors (Lipinski definition) is 4. The molecule has 0 aliphatic rings. The molecule has 0 fully saturated rings. The summed E-state index contributed by atoms with van der Waals surface area (Å²) < 4.78 is 9.43. The molecule has 12 heavy (non-hydrogen) atoms. The van der Waals surface area contributed by atoms with Crippen LogP contribution in [0.2, 0.25) is 0 Å². The van der Waals surface area contributed by atoms with Gasteiger partial charge in [0.25, 0.3) is 0 Å². The summed E-state index contributed by atoms with van der Waals surface area (Å²) in [6, 6.07) is 1.85. The Morgan fingerprint density at radius 2 is 2.33 bits per heavy atom. The first kappa shape index (κ1) is 10.5. The van der Waals surface area contributed by atoms with Gasteiger partial charge in [0.2, 0.25) is 0 Å². The van der Waals surface area contributed by atoms with Crippen molar-refractivity contribution in [3.8, 4) is 6.07 Å². The minimum atomic E-state index is -0.410. The average Bonchev–Trinajstić information content (AvgIpc) is 2.05. The number of esters is 1. The summed E-state index contributed by atoms with van der Waals surface area (Å²) in [5.41, 5.74) is 0.298. The van der Waals surface area contributed by atoms with Gasteiger partial charge in [-0.25, -0.2) is 0 Å². The molecule has 0 bridgehead atoms. The maximum absolute atomic E-state index is 10.3. The van der Waals surface area contributed by atoms with Crippen LogP contribution in [0.4, 0.5) is 0 Å². The van der Waals surface area contributed by atoms with Crippen molar-refractivity contribution < 1.29 is 14.3 Å². The first-order valence-electron chi connectivity index (χ1n) is 3.54. The van der Waals surface area contributed by atoms with Crippen molar-refractivity contribution in [1.29, 1.82) is 5.26 Å². The predicted octanol–water partition coefficient (Wildman–Crippen LogP) is 0.993. The van der Waals surface area contributed by atoms with Gasteiger partial charge in [-0.05, 0) is 6.92 Å². The van der Waals surface area contributed by atoms with Crippen molar-refractivity contribution in [2.75, 3.05) is 13.2 Å². The normalized spacial score (nSPS) is 10.2. The Morgan fingerprint density at radius 1 is 1.67 bits per heavy atom. The molecule has 0 aromatic rings. The van der Waals surface area contributed by atoms with Crippen LogP contribution < -0.4 is 0 Å². The van der Waals surface area contributed by atoms with Crippen molar-refractivity contribution in [2.24, 2.45) is 0 Å². The molecule has 0 saturated carbocycles. The van der Waals surface area contributed by atoms with Crippen molar-refractivity contribution in [3.63, 3.8) is 0 Å². The van der Waals surface area contributed by atoms with Crippen molar-refractivity contribution in [1.82, 2.24) is 0 Å². The van der Waals surface area contributed by atoms with Gasteiger partial charge in [0.15, 0.2) is 0 Å². The summed E-state index contributed by atoms with van der Waals surface area (Å²) in [7, 11) is 0. The Kier molecular flexibility index (Phi) is 5.45. The summed E-state index contributed by atoms with van der Waals surface area (Å²) in [5.74, 6) is -0.410. The quantitative estimate of drug-likeness (QED) is 0.358. The molecule has 0 aliphatic carbocycles. The Morgan fingerprint density at radius 3 is 2.75 bits per heavy atom. The van der Waals surface area contributed by atoms with Crippen LogP contribution in [0.1, 0.15) is 13.8 Å². The third kappa shape index (κ3) is 5.30. The molecule has 4 heteroatoms. The second-order valence-electron chi connectivity index (χ2n) is 1.99. The topological polar surface area (TPSA) is 59.3 Å². The summed E-state index contributed by atoms with van der Waals surface area (Å²) in [4.78, 5) is 10.3. The van der Waals surface area contributed by atoms with Gasteiger partial charge in [-0.3, -0.25) is 4.79 Å². The minimum absolute atomic E-state index is 0.0220. The van der Waals surface area contributed by atoms with Crippen LogP contribution in [0.25, 0.3) is 0 Å². The molecular weight excluding hydrogens is 158 g/mol. The molecule has 0 rings (SSSR count). The second-order valence-corrected chi connectivity index (χ2v) is 1.99. The lowest BCUT2D eigenvalue weighted by Gasteiger charge is -1.99. The van der Waals surface area contributed by atoms with Gasteiger partial charge in [-0.1, -0.05) is 0 Å². The monoisotopic (exact) mass is 169 g/mol. The Labute approximate surface area is 71.4 Å². The van der Waals surface area contributed by atoms with E-state index in [0.29, 0.717) is 12.2 Å². The van der Waals surface area contributed by atoms with Crippen LogP contribution in [0, 0.1) is 11.3 Å². The van der Waals surface area contributed by atoms with Gasteiger partial charge >= 0.3 is 5.97 Å². The number of nitrogens with zero attached hydrogens (tertiary/aromatic N) is 1. The van der Waals surface area contributed by atoms with E-state index in [0.717, 1.165) is 0 Å². The molecule has 0 spiro atoms. The predicted molar refractivity (Wildman–Crippen MR) is 42.0 cm³/mol. The van der Waals surface area contributed by atoms with Crippen molar-refractivity contribution >= 4 is 5.97 Å². The average molecular weight is 169 g/mol. The van der Waals surface area contributed by atoms with Gasteiger partial charge < -0.3 is 9.47 Å². The van der Waals surface area contributed by atoms with Crippen molar-refractivity contribution in [3.05, 3.63) is 11.8 Å². The van der Waals surface area contributed by atoms with E-state index in [1.165, 1.54) is 13.2 Å². The first-order chi connectivity index (χ1) is 5.70. The molecule has 0 atom stereocenters. The summed E-state index contributed by atoms with van der Waals surface area (Å²) in [6.07, 6.45) is 1.29. The van der Waals surface area contributed by atoms with Crippen LogP contribution in [-0.4, -0.2) is 19.2 Å². The highest BCUT2D eigenvalue weighted by Gasteiger charge is 1.98. The third-order valence-electron chi connectivity index (χ3n) is 0.967. The van der Waals surface area contributed by atoms with E-state index in [9.17, 15) is 4.79 Å². The van der Waals surface area contributed by atoms with Gasteiger partial charge in [-0.2, -0.15) is 5.26 Å². The van der Waals surface area contributed by atoms with Crippen LogP contribution >= 0.6 is 0 Å². The SMILES string of the molecule is CCOC=C(C#N)COC(C)=O. The van der Waals surface area contributed by atoms with Crippen LogP contribution in [0.15, 0.2) is 11.8 Å². The molecule has 0 aromatic carbocycles. The highest BCUT2D eigenvalue weighted by atomic mass is 16.5. The molecule has 0 saturated heterocycles. The van der Waals surface area contributed by atoms with Crippen LogP contribution in [-0.2, 0) is 14.3 Å². The molecule has 0 radical (unpaired) electrons. The fourth-order valence-corrected chi connectivity index (χ4v) is 0.456. The molecule has 0 aliphatic heterocycles. The van der Waals surface area contributed by atoms with E-state index < -0.39 is 5.97 Å². The molecule has 0 amide bonds. The number of rotatable bonds is 4. The summed E-state index contributed by atoms with van der Waals surface area (Å²) in [6.45, 7) is 3.56. The zero-order valence-electron chi connectivity index (χ0n) is 7.16. The standard InChI is InChI=1S/C8H11NO3/c1-3-11-5-8(4-9)6-12-7(2)10/h5H,3,6H2,1-2H3. The van der Waals surface area contributed by atoms with E-state index in [1.807, 2.05) is 6.07 Å². The van der Waals surface area contributed by atoms with Gasteiger partial charge in [0.1, 0.15) is 24.5 Å². The molecule has 66 valence electrons. The third-order valence-corrected chi connectivity index (χ3v) is 0.967. The Bertz CT molecular complexity index is 215. The van der Waals surface area contributed by atoms with E-state index >= 15 is 0 Å². The number of nitriles is 1. The second kappa shape index (κ2) is 6.23. The van der Waals surface area contributed by atoms with E-state index in [-0.39, 0.29) is 6.61 Å². The first-order valence-corrected chi connectivity index (χ1v) is 3.54.